The first-order chi connectivity index (χ1) is 20.5. The molecule has 1 saturated carbocycles. The number of hydrogen-bond acceptors (Lipinski definition) is 4. The van der Waals surface area contributed by atoms with E-state index in [4.69, 9.17) is 5.73 Å². The van der Waals surface area contributed by atoms with Gasteiger partial charge in [-0.3, -0.25) is 14.4 Å². The number of nitrogens with one attached hydrogen (secondary N) is 1. The fourth-order valence-corrected chi connectivity index (χ4v) is 5.37. The maximum absolute atomic E-state index is 14.0. The summed E-state index contributed by atoms with van der Waals surface area (Å²) in [6, 6.07) is 20.7. The van der Waals surface area contributed by atoms with Crippen LogP contribution in [0.3, 0.4) is 0 Å². The van der Waals surface area contributed by atoms with E-state index in [9.17, 15) is 31.9 Å². The van der Waals surface area contributed by atoms with Gasteiger partial charge in [-0.05, 0) is 48.9 Å². The van der Waals surface area contributed by atoms with Crippen molar-refractivity contribution in [3.63, 3.8) is 0 Å². The highest BCUT2D eigenvalue weighted by molar-refractivity contribution is 6.20. The van der Waals surface area contributed by atoms with Crippen molar-refractivity contribution in [2.75, 3.05) is 11.4 Å². The van der Waals surface area contributed by atoms with E-state index in [1.165, 1.54) is 12.1 Å². The molecule has 3 aromatic carbocycles. The molecule has 1 aliphatic carbocycles. The highest BCUT2D eigenvalue weighted by Crippen LogP contribution is 2.36. The van der Waals surface area contributed by atoms with Crippen molar-refractivity contribution in [1.82, 2.24) is 5.32 Å². The molecule has 1 heterocycles. The molecule has 5 rings (SSSR count). The van der Waals surface area contributed by atoms with Crippen LogP contribution in [0.15, 0.2) is 83.9 Å². The molecule has 3 N–H and O–H groups in total. The number of anilines is 1. The van der Waals surface area contributed by atoms with Crippen LogP contribution >= 0.6 is 0 Å². The average molecular weight is 595 g/mol. The third kappa shape index (κ3) is 7.10. The lowest BCUT2D eigenvalue weighted by atomic mass is 9.81. The zero-order chi connectivity index (χ0) is 30.7. The van der Waals surface area contributed by atoms with E-state index in [1.54, 1.807) is 41.3 Å². The minimum atomic E-state index is -4.64. The molecule has 3 atom stereocenters. The number of carbonyl (C=O) groups excluding carboxylic acids is 3. The summed E-state index contributed by atoms with van der Waals surface area (Å²) in [7, 11) is 0. The molecule has 11 heteroatoms. The zero-order valence-corrected chi connectivity index (χ0v) is 23.1. The smallest absolute Gasteiger partial charge is 0.369 e. The summed E-state index contributed by atoms with van der Waals surface area (Å²) in [4.78, 5) is 46.7. The van der Waals surface area contributed by atoms with Gasteiger partial charge in [0, 0.05) is 24.1 Å². The number of para-hydroxylation sites is 1. The molecule has 1 fully saturated rings. The number of alkyl halides is 3. The van der Waals surface area contributed by atoms with E-state index in [1.807, 2.05) is 18.2 Å². The van der Waals surface area contributed by atoms with Gasteiger partial charge in [0.15, 0.2) is 0 Å². The Bertz CT molecular complexity index is 1520. The number of hydrogen-bond donors (Lipinski definition) is 2. The van der Waals surface area contributed by atoms with Gasteiger partial charge in [-0.2, -0.15) is 13.2 Å². The summed E-state index contributed by atoms with van der Waals surface area (Å²) < 4.78 is 53.7. The molecule has 3 amide bonds. The minimum Gasteiger partial charge on any atom is -0.369 e. The second-order valence-electron chi connectivity index (χ2n) is 10.9. The van der Waals surface area contributed by atoms with Gasteiger partial charge in [0.05, 0.1) is 23.2 Å². The number of amides is 3. The van der Waals surface area contributed by atoms with Gasteiger partial charge in [0.25, 0.3) is 5.91 Å². The fourth-order valence-electron chi connectivity index (χ4n) is 5.37. The number of fused-ring (bicyclic) bond motifs is 1. The Morgan fingerprint density at radius 1 is 0.977 bits per heavy atom. The third-order valence-corrected chi connectivity index (χ3v) is 7.69. The molecule has 1 aliphatic heterocycles. The van der Waals surface area contributed by atoms with E-state index >= 15 is 0 Å². The molecular formula is C32H30F4N4O3. The second-order valence-corrected chi connectivity index (χ2v) is 10.9. The van der Waals surface area contributed by atoms with Gasteiger partial charge in [0.1, 0.15) is 5.82 Å². The number of aliphatic imine (C=N–C) groups is 1. The topological polar surface area (TPSA) is 105 Å². The maximum atomic E-state index is 14.0. The number of rotatable bonds is 10. The summed E-state index contributed by atoms with van der Waals surface area (Å²) in [6.07, 6.45) is -6.43. The predicted molar refractivity (Wildman–Crippen MR) is 153 cm³/mol. The SMILES string of the molecule is NC(=O)C(c1ccc(F)cc1)C(CCC(F)(F)F)C(=O)NC1N=C(c2ccccc2)c2ccccc2N(CC2CC2)C1=O. The van der Waals surface area contributed by atoms with Gasteiger partial charge in [-0.1, -0.05) is 60.7 Å². The van der Waals surface area contributed by atoms with Crippen molar-refractivity contribution in [2.45, 2.75) is 43.9 Å². The van der Waals surface area contributed by atoms with E-state index < -0.39 is 60.6 Å². The molecule has 0 saturated heterocycles. The minimum absolute atomic E-state index is 0.0830. The number of halogens is 4. The normalized spacial score (nSPS) is 18.2. The first-order valence-electron chi connectivity index (χ1n) is 14.0. The van der Waals surface area contributed by atoms with Crippen LogP contribution in [-0.4, -0.2) is 42.3 Å². The van der Waals surface area contributed by atoms with Gasteiger partial charge < -0.3 is 16.0 Å². The third-order valence-electron chi connectivity index (χ3n) is 7.69. The molecule has 224 valence electrons. The Morgan fingerprint density at radius 2 is 1.63 bits per heavy atom. The van der Waals surface area contributed by atoms with E-state index in [0.717, 1.165) is 25.0 Å². The highest BCUT2D eigenvalue weighted by atomic mass is 19.4. The number of carbonyl (C=O) groups is 3. The van der Waals surface area contributed by atoms with Crippen LogP contribution < -0.4 is 16.0 Å². The predicted octanol–water partition coefficient (Wildman–Crippen LogP) is 5.09. The van der Waals surface area contributed by atoms with E-state index in [2.05, 4.69) is 10.3 Å². The highest BCUT2D eigenvalue weighted by Gasteiger charge is 2.41. The lowest BCUT2D eigenvalue weighted by Gasteiger charge is -2.28. The number of primary amides is 1. The number of benzene rings is 3. The summed E-state index contributed by atoms with van der Waals surface area (Å²) in [6.45, 7) is 0.386. The zero-order valence-electron chi connectivity index (χ0n) is 23.1. The number of nitrogens with two attached hydrogens (primary N) is 1. The van der Waals surface area contributed by atoms with Gasteiger partial charge >= 0.3 is 6.18 Å². The molecule has 43 heavy (non-hydrogen) atoms. The van der Waals surface area contributed by atoms with E-state index in [0.29, 0.717) is 29.1 Å². The fraction of sp³-hybridized carbons (Fsp3) is 0.312. The summed E-state index contributed by atoms with van der Waals surface area (Å²) in [5.74, 6) is -6.10. The Hall–Kier alpha value is -4.54. The van der Waals surface area contributed by atoms with Crippen LogP contribution in [0.4, 0.5) is 23.2 Å². The van der Waals surface area contributed by atoms with Gasteiger partial charge in [-0.15, -0.1) is 0 Å². The van der Waals surface area contributed by atoms with Gasteiger partial charge in [0.2, 0.25) is 18.0 Å². The van der Waals surface area contributed by atoms with Crippen molar-refractivity contribution >= 4 is 29.1 Å². The molecular weight excluding hydrogens is 564 g/mol. The Balaban J connectivity index is 1.55. The number of benzodiazepines with no additional fused rings is 1. The van der Waals surface area contributed by atoms with Crippen LogP contribution in [0.2, 0.25) is 0 Å². The quantitative estimate of drug-likeness (QED) is 0.320. The van der Waals surface area contributed by atoms with Crippen LogP contribution in [0, 0.1) is 17.7 Å². The van der Waals surface area contributed by atoms with Crippen molar-refractivity contribution in [1.29, 1.82) is 0 Å². The molecule has 3 aromatic rings. The van der Waals surface area contributed by atoms with Gasteiger partial charge in [-0.25, -0.2) is 9.38 Å². The Labute approximate surface area is 245 Å². The average Bonchev–Trinajstić information content (AvgIpc) is 3.81. The molecule has 0 aromatic heterocycles. The number of nitrogens with zero attached hydrogens (tertiary/aromatic N) is 2. The maximum Gasteiger partial charge on any atom is 0.389 e. The summed E-state index contributed by atoms with van der Waals surface area (Å²) in [5.41, 5.74) is 8.06. The van der Waals surface area contributed by atoms with Crippen LogP contribution in [-0.2, 0) is 14.4 Å². The molecule has 2 aliphatic rings. The Kier molecular flexibility index (Phi) is 8.61. The van der Waals surface area contributed by atoms with Crippen molar-refractivity contribution in [3.05, 3.63) is 101 Å². The van der Waals surface area contributed by atoms with Crippen molar-refractivity contribution < 1.29 is 31.9 Å². The molecule has 0 radical (unpaired) electrons. The summed E-state index contributed by atoms with van der Waals surface area (Å²) in [5, 5.41) is 2.55. The van der Waals surface area contributed by atoms with Crippen LogP contribution in [0.1, 0.15) is 48.3 Å². The lowest BCUT2D eigenvalue weighted by Crippen LogP contribution is -2.51. The molecule has 0 bridgehead atoms. The van der Waals surface area contributed by atoms with Crippen LogP contribution in [0.5, 0.6) is 0 Å². The second kappa shape index (κ2) is 12.4. The summed E-state index contributed by atoms with van der Waals surface area (Å²) >= 11 is 0. The molecule has 7 nitrogen and oxygen atoms in total. The first kappa shape index (κ1) is 29.9. The Morgan fingerprint density at radius 3 is 2.26 bits per heavy atom. The monoisotopic (exact) mass is 594 g/mol. The van der Waals surface area contributed by atoms with Crippen molar-refractivity contribution in [2.24, 2.45) is 22.6 Å². The molecule has 3 unspecified atom stereocenters. The van der Waals surface area contributed by atoms with E-state index in [-0.39, 0.29) is 11.5 Å². The largest absolute Gasteiger partial charge is 0.389 e. The standard InChI is InChI=1S/C32H30F4N4O3/c33-22-14-12-20(13-15-22)26(28(37)41)24(16-17-32(34,35)36)30(42)39-29-31(43)40(18-19-10-11-19)25-9-5-4-8-23(25)27(38-29)21-6-2-1-3-7-21/h1-9,12-15,19,24,26,29H,10-11,16-18H2,(H2,37,41)(H,39,42). The lowest BCUT2D eigenvalue weighted by molar-refractivity contribution is -0.144. The van der Waals surface area contributed by atoms with Crippen LogP contribution in [0.25, 0.3) is 0 Å². The first-order valence-corrected chi connectivity index (χ1v) is 14.0. The molecule has 0 spiro atoms. The van der Waals surface area contributed by atoms with Crippen molar-refractivity contribution in [3.8, 4) is 0 Å².